The van der Waals surface area contributed by atoms with E-state index in [1.165, 1.54) is 6.92 Å². The molecule has 0 rings (SSSR count). The van der Waals surface area contributed by atoms with Crippen LogP contribution in [0.4, 0.5) is 0 Å². The fourth-order valence-corrected chi connectivity index (χ4v) is 1.01. The van der Waals surface area contributed by atoms with E-state index in [1.807, 2.05) is 0 Å². The molecular weight excluding hydrogens is 228 g/mol. The van der Waals surface area contributed by atoms with E-state index in [2.05, 4.69) is 10.1 Å². The Morgan fingerprint density at radius 1 is 1.18 bits per heavy atom. The topological polar surface area (TPSA) is 92.8 Å². The molecule has 17 heavy (non-hydrogen) atoms. The lowest BCUT2D eigenvalue weighted by molar-refractivity contribution is -0.154. The summed E-state index contributed by atoms with van der Waals surface area (Å²) in [5.41, 5.74) is 0. The van der Waals surface area contributed by atoms with E-state index in [1.54, 1.807) is 6.92 Å². The number of rotatable bonds is 5. The predicted molar refractivity (Wildman–Crippen MR) is 57.7 cm³/mol. The zero-order chi connectivity index (χ0) is 13.4. The van der Waals surface area contributed by atoms with Gasteiger partial charge in [-0.1, -0.05) is 0 Å². The summed E-state index contributed by atoms with van der Waals surface area (Å²) in [7, 11) is 0. The largest absolute Gasteiger partial charge is 0.465 e. The number of hydrogen-bond acceptors (Lipinski definition) is 5. The molecule has 0 aliphatic rings. The van der Waals surface area contributed by atoms with Crippen molar-refractivity contribution >= 4 is 23.7 Å². The molecule has 7 heteroatoms. The first-order valence-corrected chi connectivity index (χ1v) is 5.09. The van der Waals surface area contributed by atoms with Crippen molar-refractivity contribution in [1.29, 1.82) is 0 Å². The Kier molecular flexibility index (Phi) is 6.54. The number of carbonyl (C=O) groups excluding carboxylic acids is 4. The molecule has 0 aliphatic carbocycles. The fraction of sp³-hybridized carbons (Fsp3) is 0.600. The third-order valence-corrected chi connectivity index (χ3v) is 1.76. The van der Waals surface area contributed by atoms with Crippen LogP contribution in [0.2, 0.25) is 0 Å². The van der Waals surface area contributed by atoms with E-state index in [4.69, 9.17) is 0 Å². The van der Waals surface area contributed by atoms with Crippen LogP contribution in [0.15, 0.2) is 0 Å². The van der Waals surface area contributed by atoms with Crippen LogP contribution >= 0.6 is 0 Å². The van der Waals surface area contributed by atoms with Gasteiger partial charge in [-0.2, -0.15) is 0 Å². The standard InChI is InChI=1S/C10H16N2O5/c1-4-17-10(16)6-12(8(3)14)9(15)5-11-7(2)13/h4-6H2,1-3H3,(H,11,13). The summed E-state index contributed by atoms with van der Waals surface area (Å²) in [4.78, 5) is 45.1. The molecule has 0 aromatic carbocycles. The first-order valence-electron chi connectivity index (χ1n) is 5.09. The lowest BCUT2D eigenvalue weighted by Gasteiger charge is -2.17. The predicted octanol–water partition coefficient (Wildman–Crippen LogP) is -0.939. The average molecular weight is 244 g/mol. The van der Waals surface area contributed by atoms with Crippen molar-refractivity contribution in [3.05, 3.63) is 0 Å². The molecule has 0 radical (unpaired) electrons. The van der Waals surface area contributed by atoms with E-state index in [9.17, 15) is 19.2 Å². The molecule has 0 saturated carbocycles. The highest BCUT2D eigenvalue weighted by Crippen LogP contribution is 1.93. The number of esters is 1. The second-order valence-corrected chi connectivity index (χ2v) is 3.21. The van der Waals surface area contributed by atoms with Crippen LogP contribution in [0.3, 0.4) is 0 Å². The summed E-state index contributed by atoms with van der Waals surface area (Å²) in [6.07, 6.45) is 0. The van der Waals surface area contributed by atoms with Gasteiger partial charge < -0.3 is 10.1 Å². The van der Waals surface area contributed by atoms with Crippen molar-refractivity contribution in [2.45, 2.75) is 20.8 Å². The van der Waals surface area contributed by atoms with Gasteiger partial charge in [-0.3, -0.25) is 24.1 Å². The van der Waals surface area contributed by atoms with Crippen LogP contribution < -0.4 is 5.32 Å². The zero-order valence-corrected chi connectivity index (χ0v) is 10.1. The lowest BCUT2D eigenvalue weighted by atomic mass is 10.4. The Bertz CT molecular complexity index is 327. The van der Waals surface area contributed by atoms with Gasteiger partial charge in [0.25, 0.3) is 0 Å². The van der Waals surface area contributed by atoms with Crippen LogP contribution in [0, 0.1) is 0 Å². The first-order chi connectivity index (χ1) is 7.88. The van der Waals surface area contributed by atoms with E-state index in [-0.39, 0.29) is 13.2 Å². The quantitative estimate of drug-likeness (QED) is 0.630. The second kappa shape index (κ2) is 7.37. The average Bonchev–Trinajstić information content (AvgIpc) is 2.22. The van der Waals surface area contributed by atoms with Crippen LogP contribution in [0.5, 0.6) is 0 Å². The summed E-state index contributed by atoms with van der Waals surface area (Å²) in [6, 6.07) is 0. The number of hydrogen-bond donors (Lipinski definition) is 1. The van der Waals surface area contributed by atoms with Gasteiger partial charge in [0.15, 0.2) is 0 Å². The summed E-state index contributed by atoms with van der Waals surface area (Å²) in [5.74, 6) is -2.29. The summed E-state index contributed by atoms with van der Waals surface area (Å²) >= 11 is 0. The monoisotopic (exact) mass is 244 g/mol. The van der Waals surface area contributed by atoms with Crippen molar-refractivity contribution in [2.75, 3.05) is 19.7 Å². The minimum atomic E-state index is -0.668. The molecule has 0 atom stereocenters. The van der Waals surface area contributed by atoms with Crippen LogP contribution in [-0.4, -0.2) is 48.3 Å². The molecule has 0 saturated heterocycles. The van der Waals surface area contributed by atoms with Gasteiger partial charge in [0.1, 0.15) is 6.54 Å². The Hall–Kier alpha value is -1.92. The van der Waals surface area contributed by atoms with Crippen LogP contribution in [-0.2, 0) is 23.9 Å². The highest BCUT2D eigenvalue weighted by molar-refractivity contribution is 5.99. The minimum Gasteiger partial charge on any atom is -0.465 e. The summed E-state index contributed by atoms with van der Waals surface area (Å²) in [5, 5.41) is 2.25. The third-order valence-electron chi connectivity index (χ3n) is 1.76. The summed E-state index contributed by atoms with van der Waals surface area (Å²) < 4.78 is 4.63. The van der Waals surface area contributed by atoms with Gasteiger partial charge in [0, 0.05) is 13.8 Å². The molecule has 96 valence electrons. The van der Waals surface area contributed by atoms with Gasteiger partial charge in [-0.05, 0) is 6.92 Å². The molecule has 0 aliphatic heterocycles. The number of carbonyl (C=O) groups is 4. The van der Waals surface area contributed by atoms with Gasteiger partial charge in [0.05, 0.1) is 13.2 Å². The third kappa shape index (κ3) is 6.29. The molecule has 0 unspecified atom stereocenters. The van der Waals surface area contributed by atoms with Crippen LogP contribution in [0.25, 0.3) is 0 Å². The van der Waals surface area contributed by atoms with Crippen molar-refractivity contribution in [1.82, 2.24) is 10.2 Å². The maximum absolute atomic E-state index is 11.5. The second-order valence-electron chi connectivity index (χ2n) is 3.21. The molecule has 0 aromatic heterocycles. The highest BCUT2D eigenvalue weighted by Gasteiger charge is 2.21. The number of nitrogens with zero attached hydrogens (tertiary/aromatic N) is 1. The normalized spacial score (nSPS) is 9.35. The summed E-state index contributed by atoms with van der Waals surface area (Å²) in [6.45, 7) is 3.43. The highest BCUT2D eigenvalue weighted by atomic mass is 16.5. The molecule has 3 amide bonds. The molecule has 0 spiro atoms. The number of nitrogens with one attached hydrogen (secondary N) is 1. The molecule has 1 N–H and O–H groups in total. The van der Waals surface area contributed by atoms with Crippen LogP contribution in [0.1, 0.15) is 20.8 Å². The molecule has 0 bridgehead atoms. The zero-order valence-electron chi connectivity index (χ0n) is 10.1. The maximum atomic E-state index is 11.5. The lowest BCUT2D eigenvalue weighted by Crippen LogP contribution is -2.44. The van der Waals surface area contributed by atoms with Crippen molar-refractivity contribution in [2.24, 2.45) is 0 Å². The van der Waals surface area contributed by atoms with Gasteiger partial charge in [-0.25, -0.2) is 0 Å². The first kappa shape index (κ1) is 15.1. The maximum Gasteiger partial charge on any atom is 0.326 e. The Morgan fingerprint density at radius 2 is 1.76 bits per heavy atom. The van der Waals surface area contributed by atoms with E-state index in [0.29, 0.717) is 0 Å². The molecule has 0 aromatic rings. The molecule has 0 heterocycles. The fourth-order valence-electron chi connectivity index (χ4n) is 1.01. The van der Waals surface area contributed by atoms with Gasteiger partial charge in [0.2, 0.25) is 17.7 Å². The van der Waals surface area contributed by atoms with Gasteiger partial charge in [-0.15, -0.1) is 0 Å². The molecule has 7 nitrogen and oxygen atoms in total. The Labute approximate surface area is 99.1 Å². The van der Waals surface area contributed by atoms with E-state index in [0.717, 1.165) is 11.8 Å². The van der Waals surface area contributed by atoms with E-state index < -0.39 is 30.2 Å². The molecular formula is C10H16N2O5. The number of amides is 3. The number of imide groups is 1. The SMILES string of the molecule is CCOC(=O)CN(C(C)=O)C(=O)CNC(C)=O. The smallest absolute Gasteiger partial charge is 0.326 e. The Balaban J connectivity index is 4.41. The molecule has 0 fully saturated rings. The van der Waals surface area contributed by atoms with Crippen molar-refractivity contribution in [3.63, 3.8) is 0 Å². The minimum absolute atomic E-state index is 0.171. The van der Waals surface area contributed by atoms with E-state index >= 15 is 0 Å². The number of ether oxygens (including phenoxy) is 1. The van der Waals surface area contributed by atoms with Gasteiger partial charge >= 0.3 is 5.97 Å². The van der Waals surface area contributed by atoms with Crippen molar-refractivity contribution < 1.29 is 23.9 Å². The Morgan fingerprint density at radius 3 is 2.18 bits per heavy atom. The van der Waals surface area contributed by atoms with Crippen molar-refractivity contribution in [3.8, 4) is 0 Å².